The molecule has 96 valence electrons. The Labute approximate surface area is 110 Å². The van der Waals surface area contributed by atoms with Crippen molar-refractivity contribution >= 4 is 12.2 Å². The van der Waals surface area contributed by atoms with Crippen molar-refractivity contribution in [1.29, 1.82) is 0 Å². The van der Waals surface area contributed by atoms with Gasteiger partial charge in [0.05, 0.1) is 5.56 Å². The van der Waals surface area contributed by atoms with Crippen LogP contribution in [0.5, 0.6) is 11.5 Å². The molecule has 0 saturated carbocycles. The van der Waals surface area contributed by atoms with Crippen LogP contribution < -0.4 is 10.5 Å². The predicted molar refractivity (Wildman–Crippen MR) is 71.6 cm³/mol. The molecule has 2 aromatic rings. The maximum Gasteiger partial charge on any atom is 0.252 e. The minimum atomic E-state index is -0.556. The van der Waals surface area contributed by atoms with E-state index in [9.17, 15) is 9.59 Å². The summed E-state index contributed by atoms with van der Waals surface area (Å²) >= 11 is 0. The number of ether oxygens (including phenoxy) is 1. The molecule has 0 spiro atoms. The summed E-state index contributed by atoms with van der Waals surface area (Å²) in [5, 5.41) is 0. The lowest BCUT2D eigenvalue weighted by molar-refractivity contribution is 0.0997. The molecule has 0 heterocycles. The molecular weight excluding hydrogens is 242 g/mol. The van der Waals surface area contributed by atoms with Crippen LogP contribution in [0, 0.1) is 6.92 Å². The van der Waals surface area contributed by atoms with Crippen LogP contribution >= 0.6 is 0 Å². The van der Waals surface area contributed by atoms with Gasteiger partial charge in [0.15, 0.2) is 0 Å². The lowest BCUT2D eigenvalue weighted by atomic mass is 10.1. The van der Waals surface area contributed by atoms with Gasteiger partial charge in [0.25, 0.3) is 5.91 Å². The Morgan fingerprint density at radius 1 is 1.16 bits per heavy atom. The zero-order valence-electron chi connectivity index (χ0n) is 10.4. The zero-order chi connectivity index (χ0) is 13.8. The number of carbonyl (C=O) groups is 2. The third-order valence-corrected chi connectivity index (χ3v) is 2.72. The zero-order valence-corrected chi connectivity index (χ0v) is 10.4. The number of benzene rings is 2. The molecule has 0 aliphatic heterocycles. The first kappa shape index (κ1) is 12.8. The second-order valence-corrected chi connectivity index (χ2v) is 4.11. The Balaban J connectivity index is 2.41. The first-order chi connectivity index (χ1) is 9.11. The molecule has 0 aliphatic carbocycles. The van der Waals surface area contributed by atoms with Crippen LogP contribution in [-0.2, 0) is 0 Å². The van der Waals surface area contributed by atoms with E-state index in [0.717, 1.165) is 11.8 Å². The summed E-state index contributed by atoms with van der Waals surface area (Å²) in [5.41, 5.74) is 6.97. The molecule has 0 radical (unpaired) electrons. The van der Waals surface area contributed by atoms with E-state index in [2.05, 4.69) is 0 Å². The molecule has 2 aromatic carbocycles. The van der Waals surface area contributed by atoms with Gasteiger partial charge in [0.2, 0.25) is 0 Å². The molecule has 0 fully saturated rings. The largest absolute Gasteiger partial charge is 0.456 e. The summed E-state index contributed by atoms with van der Waals surface area (Å²) in [6.45, 7) is 1.86. The molecule has 2 rings (SSSR count). The van der Waals surface area contributed by atoms with Crippen LogP contribution in [0.15, 0.2) is 42.5 Å². The number of aryl methyl sites for hydroxylation is 1. The summed E-state index contributed by atoms with van der Waals surface area (Å²) in [5.74, 6) is 0.347. The van der Waals surface area contributed by atoms with Crippen LogP contribution in [0.2, 0.25) is 0 Å². The number of para-hydroxylation sites is 1. The average Bonchev–Trinajstić information content (AvgIpc) is 2.41. The summed E-state index contributed by atoms with van der Waals surface area (Å²) in [4.78, 5) is 22.1. The summed E-state index contributed by atoms with van der Waals surface area (Å²) < 4.78 is 5.68. The third-order valence-electron chi connectivity index (χ3n) is 2.72. The maximum absolute atomic E-state index is 11.3. The molecule has 4 nitrogen and oxygen atoms in total. The SMILES string of the molecule is Cc1ccc(C=O)cc1Oc1ccccc1C(N)=O. The third kappa shape index (κ3) is 2.80. The molecule has 0 aliphatic rings. The smallest absolute Gasteiger partial charge is 0.252 e. The van der Waals surface area contributed by atoms with Crippen molar-refractivity contribution in [3.8, 4) is 11.5 Å². The highest BCUT2D eigenvalue weighted by Crippen LogP contribution is 2.28. The second-order valence-electron chi connectivity index (χ2n) is 4.11. The van der Waals surface area contributed by atoms with Gasteiger partial charge in [-0.05, 0) is 30.7 Å². The van der Waals surface area contributed by atoms with E-state index in [1.165, 1.54) is 0 Å². The highest BCUT2D eigenvalue weighted by Gasteiger charge is 2.10. The molecule has 0 bridgehead atoms. The van der Waals surface area contributed by atoms with Gasteiger partial charge in [-0.2, -0.15) is 0 Å². The quantitative estimate of drug-likeness (QED) is 0.854. The van der Waals surface area contributed by atoms with Crippen molar-refractivity contribution in [3.05, 3.63) is 59.2 Å². The Morgan fingerprint density at radius 3 is 2.58 bits per heavy atom. The highest BCUT2D eigenvalue weighted by atomic mass is 16.5. The van der Waals surface area contributed by atoms with Gasteiger partial charge in [-0.1, -0.05) is 24.3 Å². The van der Waals surface area contributed by atoms with Gasteiger partial charge in [-0.25, -0.2) is 0 Å². The molecule has 2 N–H and O–H groups in total. The van der Waals surface area contributed by atoms with E-state index in [1.807, 2.05) is 6.92 Å². The van der Waals surface area contributed by atoms with E-state index in [1.54, 1.807) is 42.5 Å². The van der Waals surface area contributed by atoms with Crippen molar-refractivity contribution in [2.75, 3.05) is 0 Å². The maximum atomic E-state index is 11.3. The Hall–Kier alpha value is -2.62. The van der Waals surface area contributed by atoms with Gasteiger partial charge in [0.1, 0.15) is 17.8 Å². The number of nitrogens with two attached hydrogens (primary N) is 1. The fourth-order valence-electron chi connectivity index (χ4n) is 1.68. The van der Waals surface area contributed by atoms with Crippen LogP contribution in [-0.4, -0.2) is 12.2 Å². The number of rotatable bonds is 4. The molecule has 0 saturated heterocycles. The van der Waals surface area contributed by atoms with Crippen LogP contribution in [0.3, 0.4) is 0 Å². The van der Waals surface area contributed by atoms with Crippen LogP contribution in [0.25, 0.3) is 0 Å². The average molecular weight is 255 g/mol. The highest BCUT2D eigenvalue weighted by molar-refractivity contribution is 5.95. The summed E-state index contributed by atoms with van der Waals surface area (Å²) in [6, 6.07) is 11.8. The topological polar surface area (TPSA) is 69.4 Å². The number of aldehydes is 1. The van der Waals surface area contributed by atoms with Crippen LogP contribution in [0.4, 0.5) is 0 Å². The Bertz CT molecular complexity index is 635. The number of amides is 1. The van der Waals surface area contributed by atoms with Crippen molar-refractivity contribution < 1.29 is 14.3 Å². The molecule has 0 unspecified atom stereocenters. The standard InChI is InChI=1S/C15H13NO3/c1-10-6-7-11(9-17)8-14(10)19-13-5-3-2-4-12(13)15(16)18/h2-9H,1H3,(H2,16,18). The molecule has 0 atom stereocenters. The van der Waals surface area contributed by atoms with Crippen molar-refractivity contribution in [2.45, 2.75) is 6.92 Å². The van der Waals surface area contributed by atoms with Gasteiger partial charge < -0.3 is 10.5 Å². The van der Waals surface area contributed by atoms with Crippen molar-refractivity contribution in [3.63, 3.8) is 0 Å². The summed E-state index contributed by atoms with van der Waals surface area (Å²) in [7, 11) is 0. The van der Waals surface area contributed by atoms with Gasteiger partial charge >= 0.3 is 0 Å². The molecule has 1 amide bonds. The summed E-state index contributed by atoms with van der Waals surface area (Å²) in [6.07, 6.45) is 0.742. The van der Waals surface area contributed by atoms with Crippen molar-refractivity contribution in [2.24, 2.45) is 5.73 Å². The minimum absolute atomic E-state index is 0.304. The van der Waals surface area contributed by atoms with E-state index in [-0.39, 0.29) is 0 Å². The molecule has 4 heteroatoms. The van der Waals surface area contributed by atoms with Gasteiger partial charge in [-0.3, -0.25) is 9.59 Å². The Kier molecular flexibility index (Phi) is 3.61. The molecule has 19 heavy (non-hydrogen) atoms. The number of hydrogen-bond acceptors (Lipinski definition) is 3. The molecule has 0 aromatic heterocycles. The lowest BCUT2D eigenvalue weighted by Gasteiger charge is -2.11. The first-order valence-corrected chi connectivity index (χ1v) is 5.74. The Morgan fingerprint density at radius 2 is 1.89 bits per heavy atom. The first-order valence-electron chi connectivity index (χ1n) is 5.74. The number of carbonyl (C=O) groups excluding carboxylic acids is 2. The van der Waals surface area contributed by atoms with E-state index < -0.39 is 5.91 Å². The van der Waals surface area contributed by atoms with E-state index >= 15 is 0 Å². The van der Waals surface area contributed by atoms with Gasteiger partial charge in [0, 0.05) is 5.56 Å². The number of primary amides is 1. The monoisotopic (exact) mass is 255 g/mol. The fraction of sp³-hybridized carbons (Fsp3) is 0.0667. The fourth-order valence-corrected chi connectivity index (χ4v) is 1.68. The van der Waals surface area contributed by atoms with Crippen LogP contribution in [0.1, 0.15) is 26.3 Å². The lowest BCUT2D eigenvalue weighted by Crippen LogP contribution is -2.12. The minimum Gasteiger partial charge on any atom is -0.456 e. The molecular formula is C15H13NO3. The normalized spacial score (nSPS) is 9.95. The van der Waals surface area contributed by atoms with Gasteiger partial charge in [-0.15, -0.1) is 0 Å². The second kappa shape index (κ2) is 5.35. The van der Waals surface area contributed by atoms with E-state index in [0.29, 0.717) is 22.6 Å². The number of hydrogen-bond donors (Lipinski definition) is 1. The van der Waals surface area contributed by atoms with E-state index in [4.69, 9.17) is 10.5 Å². The van der Waals surface area contributed by atoms with Crippen molar-refractivity contribution in [1.82, 2.24) is 0 Å². The predicted octanol–water partition coefficient (Wildman–Crippen LogP) is 2.70.